The van der Waals surface area contributed by atoms with Crippen molar-refractivity contribution in [2.75, 3.05) is 31.6 Å². The number of carbonyl (C=O) groups excluding carboxylic acids is 5. The van der Waals surface area contributed by atoms with E-state index in [-0.39, 0.29) is 29.9 Å². The van der Waals surface area contributed by atoms with Gasteiger partial charge in [-0.2, -0.15) is 0 Å². The second kappa shape index (κ2) is 10.2. The molecule has 5 amide bonds. The van der Waals surface area contributed by atoms with E-state index in [2.05, 4.69) is 16.0 Å². The number of benzene rings is 1. The van der Waals surface area contributed by atoms with Crippen LogP contribution in [0.1, 0.15) is 53.3 Å². The minimum atomic E-state index is -0.983. The Hall–Kier alpha value is -3.27. The number of nitrogens with zero attached hydrogens (tertiary/aromatic N) is 1. The molecule has 1 aromatic carbocycles. The summed E-state index contributed by atoms with van der Waals surface area (Å²) in [4.78, 5) is 61.1. The molecule has 0 aliphatic carbocycles. The lowest BCUT2D eigenvalue weighted by Gasteiger charge is -2.27. The summed E-state index contributed by atoms with van der Waals surface area (Å²) in [6, 6.07) is 3.97. The molecule has 0 spiro atoms. The number of anilines is 1. The number of piperidine rings is 1. The summed E-state index contributed by atoms with van der Waals surface area (Å²) in [5, 5.41) is 8.05. The Balaban J connectivity index is 1.53. The van der Waals surface area contributed by atoms with Gasteiger partial charge in [0.2, 0.25) is 17.7 Å². The quantitative estimate of drug-likeness (QED) is 0.362. The fourth-order valence-electron chi connectivity index (χ4n) is 3.60. The summed E-state index contributed by atoms with van der Waals surface area (Å²) < 4.78 is 5.51. The summed E-state index contributed by atoms with van der Waals surface area (Å²) in [5.41, 5.74) is 1.01. The highest BCUT2D eigenvalue weighted by Gasteiger charge is 2.45. The van der Waals surface area contributed by atoms with Gasteiger partial charge in [-0.3, -0.25) is 34.2 Å². The van der Waals surface area contributed by atoms with Crippen LogP contribution in [0.15, 0.2) is 18.2 Å². The van der Waals surface area contributed by atoms with Gasteiger partial charge in [0, 0.05) is 45.3 Å². The van der Waals surface area contributed by atoms with Gasteiger partial charge < -0.3 is 15.4 Å². The Labute approximate surface area is 179 Å². The van der Waals surface area contributed by atoms with Crippen molar-refractivity contribution in [3.05, 3.63) is 29.3 Å². The van der Waals surface area contributed by atoms with Crippen LogP contribution in [0.4, 0.5) is 5.69 Å². The average Bonchev–Trinajstić information content (AvgIpc) is 2.98. The second-order valence-corrected chi connectivity index (χ2v) is 7.40. The molecule has 2 heterocycles. The zero-order valence-electron chi connectivity index (χ0n) is 17.4. The first-order valence-electron chi connectivity index (χ1n) is 10.3. The van der Waals surface area contributed by atoms with Crippen LogP contribution >= 0.6 is 0 Å². The number of imide groups is 2. The highest BCUT2D eigenvalue weighted by molar-refractivity contribution is 6.25. The van der Waals surface area contributed by atoms with Gasteiger partial charge in [-0.1, -0.05) is 6.07 Å². The largest absolute Gasteiger partial charge is 0.384 e. The SMILES string of the molecule is CC(=O)NCCCOCCCNc1cccc2c1C(=O)N(C1CCC(=O)NC1=O)C2=O. The maximum absolute atomic E-state index is 13.0. The van der Waals surface area contributed by atoms with E-state index in [0.717, 1.165) is 11.3 Å². The summed E-state index contributed by atoms with van der Waals surface area (Å²) in [7, 11) is 0. The molecule has 10 heteroatoms. The van der Waals surface area contributed by atoms with E-state index in [1.807, 2.05) is 0 Å². The van der Waals surface area contributed by atoms with E-state index in [1.165, 1.54) is 6.92 Å². The van der Waals surface area contributed by atoms with Gasteiger partial charge >= 0.3 is 0 Å². The van der Waals surface area contributed by atoms with Gasteiger partial charge in [-0.15, -0.1) is 0 Å². The van der Waals surface area contributed by atoms with Crippen LogP contribution < -0.4 is 16.0 Å². The van der Waals surface area contributed by atoms with Gasteiger partial charge in [0.15, 0.2) is 0 Å². The van der Waals surface area contributed by atoms with Gasteiger partial charge in [-0.05, 0) is 31.4 Å². The maximum atomic E-state index is 13.0. The van der Waals surface area contributed by atoms with Gasteiger partial charge in [-0.25, -0.2) is 0 Å². The van der Waals surface area contributed by atoms with Crippen molar-refractivity contribution in [1.29, 1.82) is 0 Å². The molecular formula is C21H26N4O6. The number of hydrogen-bond donors (Lipinski definition) is 3. The van der Waals surface area contributed by atoms with Crippen LogP contribution in [0.25, 0.3) is 0 Å². The lowest BCUT2D eigenvalue weighted by atomic mass is 10.0. The van der Waals surface area contributed by atoms with Crippen molar-refractivity contribution >= 4 is 35.2 Å². The number of hydrogen-bond acceptors (Lipinski definition) is 7. The normalized spacial score (nSPS) is 18.1. The molecule has 3 N–H and O–H groups in total. The molecule has 1 saturated heterocycles. The number of ether oxygens (including phenoxy) is 1. The lowest BCUT2D eigenvalue weighted by molar-refractivity contribution is -0.136. The molecule has 2 aliphatic rings. The molecule has 2 aliphatic heterocycles. The zero-order valence-corrected chi connectivity index (χ0v) is 17.4. The average molecular weight is 430 g/mol. The lowest BCUT2D eigenvalue weighted by Crippen LogP contribution is -2.54. The minimum absolute atomic E-state index is 0.0659. The van der Waals surface area contributed by atoms with Crippen molar-refractivity contribution < 1.29 is 28.7 Å². The van der Waals surface area contributed by atoms with Crippen molar-refractivity contribution in [2.24, 2.45) is 0 Å². The van der Waals surface area contributed by atoms with Crippen LogP contribution in [0.3, 0.4) is 0 Å². The molecular weight excluding hydrogens is 404 g/mol. The molecule has 3 rings (SSSR count). The van der Waals surface area contributed by atoms with Crippen LogP contribution in [0.2, 0.25) is 0 Å². The first-order chi connectivity index (χ1) is 14.9. The number of carbonyl (C=O) groups is 5. The van der Waals surface area contributed by atoms with Crippen LogP contribution in [-0.2, 0) is 19.1 Å². The van der Waals surface area contributed by atoms with Crippen LogP contribution in [0, 0.1) is 0 Å². The zero-order chi connectivity index (χ0) is 22.4. The van der Waals surface area contributed by atoms with E-state index in [0.29, 0.717) is 38.4 Å². The second-order valence-electron chi connectivity index (χ2n) is 7.40. The first-order valence-corrected chi connectivity index (χ1v) is 10.3. The summed E-state index contributed by atoms with van der Waals surface area (Å²) >= 11 is 0. The number of fused-ring (bicyclic) bond motifs is 1. The Kier molecular flexibility index (Phi) is 7.35. The molecule has 1 fully saturated rings. The predicted molar refractivity (Wildman–Crippen MR) is 110 cm³/mol. The van der Waals surface area contributed by atoms with E-state index in [1.54, 1.807) is 18.2 Å². The molecule has 166 valence electrons. The fourth-order valence-corrected chi connectivity index (χ4v) is 3.60. The molecule has 0 radical (unpaired) electrons. The molecule has 0 aromatic heterocycles. The molecule has 1 unspecified atom stereocenters. The molecule has 0 saturated carbocycles. The third-order valence-corrected chi connectivity index (χ3v) is 5.09. The Bertz CT molecular complexity index is 900. The number of rotatable bonds is 10. The topological polar surface area (TPSA) is 134 Å². The standard InChI is InChI=1S/C21H26N4O6/c1-13(26)22-9-3-11-31-12-4-10-23-15-6-2-5-14-18(15)21(30)25(20(14)29)16-7-8-17(27)24-19(16)28/h2,5-6,16,23H,3-4,7-12H2,1H3,(H,22,26)(H,24,27,28). The molecule has 10 nitrogen and oxygen atoms in total. The summed E-state index contributed by atoms with van der Waals surface area (Å²) in [5.74, 6) is -2.16. The van der Waals surface area contributed by atoms with E-state index >= 15 is 0 Å². The van der Waals surface area contributed by atoms with Crippen molar-refractivity contribution in [2.45, 2.75) is 38.6 Å². The minimum Gasteiger partial charge on any atom is -0.384 e. The molecule has 1 aromatic rings. The van der Waals surface area contributed by atoms with Gasteiger partial charge in [0.05, 0.1) is 11.1 Å². The predicted octanol–water partition coefficient (Wildman–Crippen LogP) is 0.433. The van der Waals surface area contributed by atoms with Crippen molar-refractivity contribution in [1.82, 2.24) is 15.5 Å². The third-order valence-electron chi connectivity index (χ3n) is 5.09. The highest BCUT2D eigenvalue weighted by Crippen LogP contribution is 2.32. The number of amides is 5. The molecule has 31 heavy (non-hydrogen) atoms. The van der Waals surface area contributed by atoms with Crippen molar-refractivity contribution in [3.63, 3.8) is 0 Å². The fraction of sp³-hybridized carbons (Fsp3) is 0.476. The number of nitrogens with one attached hydrogen (secondary N) is 3. The van der Waals surface area contributed by atoms with Gasteiger partial charge in [0.25, 0.3) is 11.8 Å². The summed E-state index contributed by atoms with van der Waals surface area (Å²) in [6.45, 7) is 3.62. The monoisotopic (exact) mass is 430 g/mol. The van der Waals surface area contributed by atoms with E-state index in [9.17, 15) is 24.0 Å². The van der Waals surface area contributed by atoms with Crippen LogP contribution in [-0.4, -0.2) is 66.8 Å². The third kappa shape index (κ3) is 5.26. The first kappa shape index (κ1) is 22.4. The van der Waals surface area contributed by atoms with Gasteiger partial charge in [0.1, 0.15) is 6.04 Å². The van der Waals surface area contributed by atoms with E-state index < -0.39 is 29.7 Å². The van der Waals surface area contributed by atoms with Crippen molar-refractivity contribution in [3.8, 4) is 0 Å². The van der Waals surface area contributed by atoms with E-state index in [4.69, 9.17) is 4.74 Å². The Morgan fingerprint density at radius 2 is 1.87 bits per heavy atom. The summed E-state index contributed by atoms with van der Waals surface area (Å²) in [6.07, 6.45) is 1.62. The molecule has 0 bridgehead atoms. The smallest absolute Gasteiger partial charge is 0.264 e. The Morgan fingerprint density at radius 1 is 1.13 bits per heavy atom. The van der Waals surface area contributed by atoms with Crippen LogP contribution in [0.5, 0.6) is 0 Å². The highest BCUT2D eigenvalue weighted by atomic mass is 16.5. The molecule has 1 atom stereocenters. The Morgan fingerprint density at radius 3 is 2.58 bits per heavy atom. The maximum Gasteiger partial charge on any atom is 0.264 e.